The van der Waals surface area contributed by atoms with Crippen molar-refractivity contribution in [3.05, 3.63) is 0 Å². The maximum Gasteiger partial charge on any atom is 0.136 e. The van der Waals surface area contributed by atoms with Gasteiger partial charge in [0.2, 0.25) is 0 Å². The molecular weight excluding hydrogens is 300 g/mol. The van der Waals surface area contributed by atoms with Gasteiger partial charge in [0, 0.05) is 12.3 Å². The highest BCUT2D eigenvalue weighted by Crippen LogP contribution is 2.67. The Morgan fingerprint density at radius 2 is 1.67 bits per heavy atom. The number of Topliss-reactive ketones (excluding diaryl/α,β-unsaturated/α-hetero) is 1. The molecule has 0 aromatic heterocycles. The third-order valence-electron chi connectivity index (χ3n) is 9.18. The van der Waals surface area contributed by atoms with E-state index in [-0.39, 0.29) is 22.7 Å². The van der Waals surface area contributed by atoms with Gasteiger partial charge in [-0.3, -0.25) is 4.79 Å². The highest BCUT2D eigenvalue weighted by atomic mass is 16.3. The van der Waals surface area contributed by atoms with Crippen molar-refractivity contribution in [1.29, 1.82) is 0 Å². The molecule has 0 amide bonds. The van der Waals surface area contributed by atoms with Gasteiger partial charge in [0.05, 0.1) is 12.2 Å². The summed E-state index contributed by atoms with van der Waals surface area (Å²) in [6, 6.07) is 0. The van der Waals surface area contributed by atoms with Gasteiger partial charge in [-0.05, 0) is 79.4 Å². The van der Waals surface area contributed by atoms with Gasteiger partial charge in [-0.2, -0.15) is 0 Å². The van der Waals surface area contributed by atoms with E-state index in [2.05, 4.69) is 20.8 Å². The Morgan fingerprint density at radius 3 is 2.38 bits per heavy atom. The first-order valence-electron chi connectivity index (χ1n) is 10.2. The predicted octanol–water partition coefficient (Wildman–Crippen LogP) is 3.57. The lowest BCUT2D eigenvalue weighted by Gasteiger charge is -2.61. The van der Waals surface area contributed by atoms with Crippen LogP contribution in [0.5, 0.6) is 0 Å². The summed E-state index contributed by atoms with van der Waals surface area (Å²) in [7, 11) is 0. The minimum atomic E-state index is -0.549. The third-order valence-corrected chi connectivity index (χ3v) is 9.18. The molecule has 0 radical (unpaired) electrons. The largest absolute Gasteiger partial charge is 0.390 e. The Morgan fingerprint density at radius 1 is 0.958 bits per heavy atom. The minimum absolute atomic E-state index is 0.149. The predicted molar refractivity (Wildman–Crippen MR) is 93.3 cm³/mol. The van der Waals surface area contributed by atoms with Crippen molar-refractivity contribution in [3.63, 3.8) is 0 Å². The fourth-order valence-corrected chi connectivity index (χ4v) is 7.90. The summed E-state index contributed by atoms with van der Waals surface area (Å²) in [6.07, 6.45) is 7.00. The van der Waals surface area contributed by atoms with E-state index in [0.29, 0.717) is 23.5 Å². The Bertz CT molecular complexity index is 531. The summed E-state index contributed by atoms with van der Waals surface area (Å²) in [5, 5.41) is 20.7. The van der Waals surface area contributed by atoms with Crippen LogP contribution in [0, 0.1) is 40.4 Å². The number of fused-ring (bicyclic) bond motifs is 5. The van der Waals surface area contributed by atoms with Crippen molar-refractivity contribution in [3.8, 4) is 0 Å². The summed E-state index contributed by atoms with van der Waals surface area (Å²) >= 11 is 0. The molecule has 0 heterocycles. The Hall–Kier alpha value is -0.410. The van der Waals surface area contributed by atoms with Crippen LogP contribution in [-0.4, -0.2) is 28.2 Å². The fourth-order valence-electron chi connectivity index (χ4n) is 7.90. The molecule has 0 aromatic rings. The van der Waals surface area contributed by atoms with E-state index in [0.717, 1.165) is 38.5 Å². The first-order chi connectivity index (χ1) is 11.3. The smallest absolute Gasteiger partial charge is 0.136 e. The summed E-state index contributed by atoms with van der Waals surface area (Å²) in [5.41, 5.74) is 0.360. The van der Waals surface area contributed by atoms with E-state index in [1.807, 2.05) is 0 Å². The van der Waals surface area contributed by atoms with Crippen molar-refractivity contribution in [2.75, 3.05) is 0 Å². The summed E-state index contributed by atoms with van der Waals surface area (Å²) in [4.78, 5) is 12.6. The zero-order valence-electron chi connectivity index (χ0n) is 15.5. The first-order valence-corrected chi connectivity index (χ1v) is 10.2. The molecular formula is C21H34O3. The van der Waals surface area contributed by atoms with E-state index in [9.17, 15) is 15.0 Å². The van der Waals surface area contributed by atoms with Crippen molar-refractivity contribution in [2.45, 2.75) is 84.3 Å². The van der Waals surface area contributed by atoms with Gasteiger partial charge in [-0.25, -0.2) is 0 Å². The lowest BCUT2D eigenvalue weighted by molar-refractivity contribution is -0.173. The molecule has 0 bridgehead atoms. The molecule has 4 aliphatic rings. The van der Waals surface area contributed by atoms with Crippen LogP contribution < -0.4 is 0 Å². The second-order valence-electron chi connectivity index (χ2n) is 9.84. The van der Waals surface area contributed by atoms with Crippen molar-refractivity contribution < 1.29 is 15.0 Å². The van der Waals surface area contributed by atoms with Crippen LogP contribution in [0.1, 0.15) is 72.1 Å². The molecule has 4 saturated carbocycles. The number of carbonyl (C=O) groups is 1. The SMILES string of the molecule is CC[C@H]1C(=O)C[C@H]2[C@@H]3CCC4C(O)C(O)CC[C@]4(C)[C@H]3CC[C@]12C. The normalized spacial score (nSPS) is 57.2. The van der Waals surface area contributed by atoms with Crippen LogP contribution >= 0.6 is 0 Å². The van der Waals surface area contributed by atoms with Gasteiger partial charge in [-0.15, -0.1) is 0 Å². The van der Waals surface area contributed by atoms with Crippen molar-refractivity contribution in [2.24, 2.45) is 40.4 Å². The number of rotatable bonds is 1. The van der Waals surface area contributed by atoms with Gasteiger partial charge in [0.25, 0.3) is 0 Å². The summed E-state index contributed by atoms with van der Waals surface area (Å²) in [6.45, 7) is 6.94. The number of aliphatic hydroxyl groups excluding tert-OH is 2. The molecule has 4 rings (SSSR count). The maximum atomic E-state index is 12.6. The number of carbonyl (C=O) groups excluding carboxylic acids is 1. The van der Waals surface area contributed by atoms with Crippen molar-refractivity contribution >= 4 is 5.78 Å². The molecule has 0 spiro atoms. The van der Waals surface area contributed by atoms with E-state index >= 15 is 0 Å². The molecule has 2 N–H and O–H groups in total. The molecule has 0 saturated heterocycles. The first kappa shape index (κ1) is 17.0. The van der Waals surface area contributed by atoms with E-state index in [1.54, 1.807) is 0 Å². The monoisotopic (exact) mass is 334 g/mol. The van der Waals surface area contributed by atoms with Gasteiger partial charge in [0.15, 0.2) is 0 Å². The average molecular weight is 335 g/mol. The molecule has 136 valence electrons. The average Bonchev–Trinajstić information content (AvgIpc) is 2.81. The van der Waals surface area contributed by atoms with E-state index in [1.165, 1.54) is 12.8 Å². The number of hydrogen-bond acceptors (Lipinski definition) is 3. The maximum absolute atomic E-state index is 12.6. The van der Waals surface area contributed by atoms with Gasteiger partial charge >= 0.3 is 0 Å². The van der Waals surface area contributed by atoms with Gasteiger partial charge in [-0.1, -0.05) is 20.8 Å². The quantitative estimate of drug-likeness (QED) is 0.771. The molecule has 3 nitrogen and oxygen atoms in total. The topological polar surface area (TPSA) is 57.5 Å². The zero-order chi connectivity index (χ0) is 17.3. The van der Waals surface area contributed by atoms with Crippen molar-refractivity contribution in [1.82, 2.24) is 0 Å². The third kappa shape index (κ3) is 2.06. The highest BCUT2D eigenvalue weighted by molar-refractivity contribution is 5.84. The summed E-state index contributed by atoms with van der Waals surface area (Å²) < 4.78 is 0. The Labute approximate surface area is 146 Å². The Balaban J connectivity index is 1.65. The van der Waals surface area contributed by atoms with Crippen LogP contribution in [0.4, 0.5) is 0 Å². The van der Waals surface area contributed by atoms with Gasteiger partial charge in [0.1, 0.15) is 5.78 Å². The second-order valence-corrected chi connectivity index (χ2v) is 9.84. The molecule has 4 aliphatic carbocycles. The molecule has 3 unspecified atom stereocenters. The van der Waals surface area contributed by atoms with E-state index in [4.69, 9.17) is 0 Å². The van der Waals surface area contributed by atoms with Crippen LogP contribution in [0.2, 0.25) is 0 Å². The number of hydrogen-bond donors (Lipinski definition) is 2. The van der Waals surface area contributed by atoms with Crippen LogP contribution in [0.3, 0.4) is 0 Å². The number of aliphatic hydroxyl groups is 2. The molecule has 24 heavy (non-hydrogen) atoms. The standard InChI is InChI=1S/C21H34O3/c1-4-13-18(23)11-16-12-5-6-15-19(24)17(22)8-10-21(15,3)14(12)7-9-20(13,16)2/h12-17,19,22,24H,4-11H2,1-3H3/t12-,13+,14+,15?,16+,17?,19?,20-,21-/m1/s1. The minimum Gasteiger partial charge on any atom is -0.390 e. The van der Waals surface area contributed by atoms with Crippen LogP contribution in [0.15, 0.2) is 0 Å². The lowest BCUT2D eigenvalue weighted by atomic mass is 9.44. The van der Waals surface area contributed by atoms with E-state index < -0.39 is 12.2 Å². The molecule has 0 aliphatic heterocycles. The molecule has 9 atom stereocenters. The molecule has 4 fully saturated rings. The fraction of sp³-hybridized carbons (Fsp3) is 0.952. The zero-order valence-corrected chi connectivity index (χ0v) is 15.5. The van der Waals surface area contributed by atoms with Crippen LogP contribution in [-0.2, 0) is 4.79 Å². The molecule has 0 aromatic carbocycles. The lowest BCUT2D eigenvalue weighted by Crippen LogP contribution is -2.58. The Kier molecular flexibility index (Phi) is 3.93. The second kappa shape index (κ2) is 5.54. The highest BCUT2D eigenvalue weighted by Gasteiger charge is 2.62. The number of ketones is 1. The summed E-state index contributed by atoms with van der Waals surface area (Å²) in [5.74, 6) is 2.85. The van der Waals surface area contributed by atoms with Crippen LogP contribution in [0.25, 0.3) is 0 Å². The van der Waals surface area contributed by atoms with Gasteiger partial charge < -0.3 is 10.2 Å². The molecule has 3 heteroatoms.